The highest BCUT2D eigenvalue weighted by Gasteiger charge is 2.63. The van der Waals surface area contributed by atoms with Gasteiger partial charge in [0.2, 0.25) is 6.29 Å². The molecule has 12 heteroatoms. The van der Waals surface area contributed by atoms with Gasteiger partial charge in [-0.25, -0.2) is 4.79 Å². The van der Waals surface area contributed by atoms with E-state index in [9.17, 15) is 40.2 Å². The van der Waals surface area contributed by atoms with Gasteiger partial charge in [-0.1, -0.05) is 49.4 Å². The van der Waals surface area contributed by atoms with Crippen LogP contribution in [0.15, 0.2) is 71.3 Å². The fourth-order valence-electron chi connectivity index (χ4n) is 10.9. The minimum atomic E-state index is -1.73. The predicted molar refractivity (Wildman–Crippen MR) is 208 cm³/mol. The number of ketones is 1. The van der Waals surface area contributed by atoms with Crippen molar-refractivity contribution in [3.8, 4) is 11.5 Å². The summed E-state index contributed by atoms with van der Waals surface area (Å²) in [4.78, 5) is 25.9. The third-order valence-corrected chi connectivity index (χ3v) is 13.6. The average molecular weight is 785 g/mol. The summed E-state index contributed by atoms with van der Waals surface area (Å²) >= 11 is 0. The molecule has 57 heavy (non-hydrogen) atoms. The van der Waals surface area contributed by atoms with Gasteiger partial charge in [0.25, 0.3) is 0 Å². The van der Waals surface area contributed by atoms with Crippen molar-refractivity contribution in [3.05, 3.63) is 93.6 Å². The highest BCUT2D eigenvalue weighted by Crippen LogP contribution is 2.63. The minimum absolute atomic E-state index is 0.0441. The molecule has 8 rings (SSSR count). The van der Waals surface area contributed by atoms with Gasteiger partial charge in [-0.05, 0) is 109 Å². The van der Waals surface area contributed by atoms with Crippen molar-refractivity contribution < 1.29 is 59.2 Å². The van der Waals surface area contributed by atoms with Crippen LogP contribution in [-0.2, 0) is 20.6 Å². The molecule has 304 valence electrons. The molecular formula is C45H52O12. The Labute approximate surface area is 331 Å². The number of hydrogen-bond acceptors (Lipinski definition) is 11. The number of aromatic hydroxyl groups is 1. The molecule has 0 radical (unpaired) electrons. The van der Waals surface area contributed by atoms with Crippen LogP contribution in [-0.4, -0.2) is 106 Å². The van der Waals surface area contributed by atoms with Gasteiger partial charge in [0.1, 0.15) is 35.4 Å². The summed E-state index contributed by atoms with van der Waals surface area (Å²) in [6.07, 6.45) is -0.110. The van der Waals surface area contributed by atoms with E-state index in [1.807, 2.05) is 30.3 Å². The van der Waals surface area contributed by atoms with Crippen molar-refractivity contribution in [3.63, 3.8) is 0 Å². The van der Waals surface area contributed by atoms with Crippen LogP contribution in [0.4, 0.5) is 0 Å². The number of ether oxygens (including phenoxy) is 4. The van der Waals surface area contributed by atoms with E-state index >= 15 is 0 Å². The summed E-state index contributed by atoms with van der Waals surface area (Å²) in [6, 6.07) is 13.6. The van der Waals surface area contributed by atoms with Gasteiger partial charge in [0, 0.05) is 25.0 Å². The minimum Gasteiger partial charge on any atom is -0.506 e. The van der Waals surface area contributed by atoms with Gasteiger partial charge in [-0.3, -0.25) is 4.79 Å². The first-order chi connectivity index (χ1) is 27.4. The van der Waals surface area contributed by atoms with Gasteiger partial charge in [-0.2, -0.15) is 0 Å². The highest BCUT2D eigenvalue weighted by molar-refractivity contribution is 6.09. The summed E-state index contributed by atoms with van der Waals surface area (Å²) < 4.78 is 25.3. The predicted octanol–water partition coefficient (Wildman–Crippen LogP) is 5.03. The maximum absolute atomic E-state index is 13.6. The third-order valence-electron chi connectivity index (χ3n) is 13.6. The number of carboxylic acid groups (broad SMARTS) is 1. The van der Waals surface area contributed by atoms with E-state index < -0.39 is 48.5 Å². The van der Waals surface area contributed by atoms with E-state index in [0.717, 1.165) is 24.0 Å². The highest BCUT2D eigenvalue weighted by atomic mass is 16.7. The lowest BCUT2D eigenvalue weighted by molar-refractivity contribution is -0.325. The van der Waals surface area contributed by atoms with Gasteiger partial charge < -0.3 is 49.6 Å². The second kappa shape index (κ2) is 15.6. The SMILES string of the molecule is Cc1cc2cc(C(=O)O)cc(O[C@H]3O[C@H](CO)[C@@]4(CC5C6=C(CC=C6[C@]6(CCCO)COCC[C@@H]6[C@@H]5C)CO4)[C@H](O)[C@H]3O)c2c(O)c1C(=O)CCc1ccccc1. The molecule has 3 fully saturated rings. The standard InChI is InChI=1S/C45H52O12/c1-24-17-28-18-29(42(52)53)19-34(38(28)39(49)36(24)33(48)12-9-26-7-4-3-5-8-26)56-43-40(50)41(51)45(35(21-47)57-43)20-30-25(2)31-13-16-54-23-44(31,14-6-15-46)32-11-10-27(22-55-45)37(30)32/h3-5,7-8,11,17-19,25,30-31,35,40-41,43,46-47,49-51H,6,9-10,12-16,20-23H2,1-2H3,(H,52,53)/t25-,30?,31-,35-,40-,41-,43+,44-,45+/m1/s1. The number of benzene rings is 3. The maximum atomic E-state index is 13.6. The Balaban J connectivity index is 1.11. The van der Waals surface area contributed by atoms with Crippen LogP contribution in [0.1, 0.15) is 77.3 Å². The number of aromatic carboxylic acids is 1. The van der Waals surface area contributed by atoms with Crippen molar-refractivity contribution >= 4 is 22.5 Å². The Morgan fingerprint density at radius 1 is 1.07 bits per heavy atom. The molecule has 0 bridgehead atoms. The molecule has 1 saturated carbocycles. The van der Waals surface area contributed by atoms with E-state index in [-0.39, 0.29) is 82.7 Å². The number of Topliss-reactive ketones (excluding diaryl/α,β-unsaturated/α-hetero) is 1. The van der Waals surface area contributed by atoms with Crippen LogP contribution in [0.3, 0.4) is 0 Å². The fraction of sp³-hybridized carbons (Fsp3) is 0.511. The number of hydrogen-bond donors (Lipinski definition) is 6. The number of carbonyl (C=O) groups excluding carboxylic acids is 1. The lowest BCUT2D eigenvalue weighted by atomic mass is 9.51. The van der Waals surface area contributed by atoms with Crippen LogP contribution in [0.25, 0.3) is 10.8 Å². The zero-order chi connectivity index (χ0) is 40.2. The molecule has 0 aromatic heterocycles. The first kappa shape index (κ1) is 39.7. The summed E-state index contributed by atoms with van der Waals surface area (Å²) in [5.74, 6) is -1.90. The van der Waals surface area contributed by atoms with E-state index in [1.54, 1.807) is 13.0 Å². The van der Waals surface area contributed by atoms with Crippen LogP contribution in [0.5, 0.6) is 11.5 Å². The monoisotopic (exact) mass is 784 g/mol. The lowest BCUT2D eigenvalue weighted by Crippen LogP contribution is -2.69. The average Bonchev–Trinajstić information content (AvgIpc) is 3.57. The molecule has 1 spiro atoms. The molecule has 12 nitrogen and oxygen atoms in total. The fourth-order valence-corrected chi connectivity index (χ4v) is 10.9. The molecule has 5 aliphatic rings. The van der Waals surface area contributed by atoms with Crippen molar-refractivity contribution in [2.75, 3.05) is 33.0 Å². The zero-order valence-corrected chi connectivity index (χ0v) is 32.4. The van der Waals surface area contributed by atoms with E-state index in [2.05, 4.69) is 13.0 Å². The van der Waals surface area contributed by atoms with Crippen LogP contribution >= 0.6 is 0 Å². The molecule has 3 aromatic carbocycles. The maximum Gasteiger partial charge on any atom is 0.335 e. The first-order valence-corrected chi connectivity index (χ1v) is 20.1. The Bertz CT molecular complexity index is 2110. The summed E-state index contributed by atoms with van der Waals surface area (Å²) in [5.41, 5.74) is 3.01. The zero-order valence-electron chi connectivity index (χ0n) is 32.4. The number of allylic oxidation sites excluding steroid dienone is 2. The molecule has 3 aromatic rings. The molecule has 3 heterocycles. The van der Waals surface area contributed by atoms with Crippen LogP contribution < -0.4 is 4.74 Å². The number of phenols is 1. The van der Waals surface area contributed by atoms with E-state index in [4.69, 9.17) is 18.9 Å². The largest absolute Gasteiger partial charge is 0.506 e. The number of phenolic OH excluding ortho intramolecular Hbond substituents is 1. The molecule has 0 amide bonds. The number of aliphatic hydroxyl groups is 4. The Morgan fingerprint density at radius 3 is 2.60 bits per heavy atom. The molecule has 6 N–H and O–H groups in total. The van der Waals surface area contributed by atoms with Gasteiger partial charge in [0.15, 0.2) is 5.78 Å². The lowest BCUT2D eigenvalue weighted by Gasteiger charge is -2.57. The Morgan fingerprint density at radius 2 is 1.86 bits per heavy atom. The molecular weight excluding hydrogens is 732 g/mol. The van der Waals surface area contributed by atoms with Crippen molar-refractivity contribution in [2.24, 2.45) is 23.2 Å². The normalized spacial score (nSPS) is 32.1. The summed E-state index contributed by atoms with van der Waals surface area (Å²) in [7, 11) is 0. The smallest absolute Gasteiger partial charge is 0.335 e. The Kier molecular flexibility index (Phi) is 10.8. The number of aliphatic hydroxyl groups excluding tert-OH is 4. The number of aryl methyl sites for hydroxylation is 2. The molecule has 3 aliphatic heterocycles. The number of fused-ring (bicyclic) bond motifs is 3. The summed E-state index contributed by atoms with van der Waals surface area (Å²) in [6.45, 7) is 4.73. The second-order valence-corrected chi connectivity index (χ2v) is 16.6. The quantitative estimate of drug-likeness (QED) is 0.142. The summed E-state index contributed by atoms with van der Waals surface area (Å²) in [5, 5.41) is 66.9. The third kappa shape index (κ3) is 6.59. The molecule has 1 unspecified atom stereocenters. The van der Waals surface area contributed by atoms with Crippen molar-refractivity contribution in [2.45, 2.75) is 89.0 Å². The number of rotatable bonds is 11. The number of carbonyl (C=O) groups is 2. The van der Waals surface area contributed by atoms with Gasteiger partial charge >= 0.3 is 5.97 Å². The Hall–Kier alpha value is -4.14. The van der Waals surface area contributed by atoms with Gasteiger partial charge in [-0.15, -0.1) is 0 Å². The first-order valence-electron chi connectivity index (χ1n) is 20.1. The van der Waals surface area contributed by atoms with Crippen LogP contribution in [0.2, 0.25) is 0 Å². The molecule has 9 atom stereocenters. The second-order valence-electron chi connectivity index (χ2n) is 16.6. The van der Waals surface area contributed by atoms with E-state index in [0.29, 0.717) is 38.0 Å². The van der Waals surface area contributed by atoms with Crippen LogP contribution in [0, 0.1) is 30.1 Å². The van der Waals surface area contributed by atoms with Crippen molar-refractivity contribution in [1.82, 2.24) is 0 Å². The van der Waals surface area contributed by atoms with Gasteiger partial charge in [0.05, 0.1) is 36.3 Å². The molecule has 2 saturated heterocycles. The number of carboxylic acids is 1. The topological polar surface area (TPSA) is 192 Å². The molecule has 2 aliphatic carbocycles. The van der Waals surface area contributed by atoms with E-state index in [1.165, 1.54) is 23.3 Å². The van der Waals surface area contributed by atoms with Crippen molar-refractivity contribution in [1.29, 1.82) is 0 Å².